The molecule has 12 heteroatoms. The molecule has 33 heavy (non-hydrogen) atoms. The number of nitrogens with two attached hydrogens (primary N) is 1. The topological polar surface area (TPSA) is 154 Å². The molecule has 1 aliphatic carbocycles. The number of carbonyl (C=O) groups excluding carboxylic acids is 2. The highest BCUT2D eigenvalue weighted by atomic mass is 32.1. The predicted molar refractivity (Wildman–Crippen MR) is 125 cm³/mol. The Morgan fingerprint density at radius 2 is 2.06 bits per heavy atom. The van der Waals surface area contributed by atoms with Gasteiger partial charge in [0.05, 0.1) is 23.1 Å². The van der Waals surface area contributed by atoms with Crippen molar-refractivity contribution in [2.75, 3.05) is 19.0 Å². The molecule has 10 nitrogen and oxygen atoms in total. The molecule has 4 rings (SSSR count). The van der Waals surface area contributed by atoms with Gasteiger partial charge in [-0.25, -0.2) is 9.78 Å². The number of fused-ring (bicyclic) bond motifs is 2. The van der Waals surface area contributed by atoms with Crippen molar-refractivity contribution in [2.24, 2.45) is 5.73 Å². The number of nitrogens with zero attached hydrogens (tertiary/aromatic N) is 2. The van der Waals surface area contributed by atoms with Crippen LogP contribution in [0.15, 0.2) is 10.2 Å². The summed E-state index contributed by atoms with van der Waals surface area (Å²) < 4.78 is 6.25. The Bertz CT molecular complexity index is 1320. The average molecular weight is 491 g/mol. The van der Waals surface area contributed by atoms with E-state index in [1.807, 2.05) is 0 Å². The van der Waals surface area contributed by atoms with E-state index in [9.17, 15) is 24.3 Å². The molecule has 174 valence electrons. The number of primary amides is 1. The van der Waals surface area contributed by atoms with Gasteiger partial charge in [0.1, 0.15) is 22.2 Å². The molecule has 1 aliphatic rings. The first kappa shape index (κ1) is 23.1. The molecular formula is C21H22N4O6S2. The highest BCUT2D eigenvalue weighted by molar-refractivity contribution is 7.17. The molecule has 0 fully saturated rings. The Morgan fingerprint density at radius 3 is 2.76 bits per heavy atom. The zero-order valence-corrected chi connectivity index (χ0v) is 19.4. The van der Waals surface area contributed by atoms with E-state index in [4.69, 9.17) is 10.5 Å². The molecule has 3 aromatic heterocycles. The van der Waals surface area contributed by atoms with Gasteiger partial charge in [0, 0.05) is 23.8 Å². The summed E-state index contributed by atoms with van der Waals surface area (Å²) in [5, 5.41) is 13.9. The number of aromatic carboxylic acids is 1. The number of aryl methyl sites for hydroxylation is 1. The highest BCUT2D eigenvalue weighted by Gasteiger charge is 2.26. The number of anilines is 1. The van der Waals surface area contributed by atoms with E-state index in [0.29, 0.717) is 21.2 Å². The largest absolute Gasteiger partial charge is 0.478 e. The maximum Gasteiger partial charge on any atom is 0.337 e. The van der Waals surface area contributed by atoms with Crippen LogP contribution >= 0.6 is 22.7 Å². The second kappa shape index (κ2) is 9.41. The third-order valence-corrected chi connectivity index (χ3v) is 7.58. The number of amides is 2. The number of hydrogen-bond donors (Lipinski definition) is 3. The van der Waals surface area contributed by atoms with E-state index in [0.717, 1.165) is 52.0 Å². The van der Waals surface area contributed by atoms with Crippen LogP contribution in [-0.4, -0.2) is 46.2 Å². The van der Waals surface area contributed by atoms with Crippen LogP contribution in [0.1, 0.15) is 49.8 Å². The number of hydrogen-bond acceptors (Lipinski definition) is 8. The molecule has 0 bridgehead atoms. The van der Waals surface area contributed by atoms with Crippen molar-refractivity contribution in [2.45, 2.75) is 38.6 Å². The highest BCUT2D eigenvalue weighted by Crippen LogP contribution is 2.37. The van der Waals surface area contributed by atoms with E-state index in [1.165, 1.54) is 23.8 Å². The minimum atomic E-state index is -1.24. The molecule has 3 aromatic rings. The van der Waals surface area contributed by atoms with Crippen LogP contribution in [-0.2, 0) is 35.3 Å². The molecule has 0 saturated carbocycles. The fraction of sp³-hybridized carbons (Fsp3) is 0.381. The molecular weight excluding hydrogens is 468 g/mol. The van der Waals surface area contributed by atoms with Crippen molar-refractivity contribution >= 4 is 55.7 Å². The molecule has 2 amide bonds. The van der Waals surface area contributed by atoms with Crippen molar-refractivity contribution in [3.8, 4) is 0 Å². The van der Waals surface area contributed by atoms with Gasteiger partial charge in [0.2, 0.25) is 5.91 Å². The minimum Gasteiger partial charge on any atom is -0.478 e. The Morgan fingerprint density at radius 1 is 1.30 bits per heavy atom. The Balaban J connectivity index is 1.70. The van der Waals surface area contributed by atoms with Crippen LogP contribution in [0.4, 0.5) is 5.00 Å². The van der Waals surface area contributed by atoms with Gasteiger partial charge in [0.25, 0.3) is 11.5 Å². The van der Waals surface area contributed by atoms with E-state index < -0.39 is 29.9 Å². The van der Waals surface area contributed by atoms with Gasteiger partial charge in [0.15, 0.2) is 0 Å². The zero-order valence-electron chi connectivity index (χ0n) is 17.8. The number of carbonyl (C=O) groups is 3. The summed E-state index contributed by atoms with van der Waals surface area (Å²) in [5.74, 6) is -2.07. The van der Waals surface area contributed by atoms with Gasteiger partial charge in [-0.05, 0) is 31.2 Å². The lowest BCUT2D eigenvalue weighted by Gasteiger charge is -2.13. The van der Waals surface area contributed by atoms with Gasteiger partial charge in [-0.15, -0.1) is 22.7 Å². The van der Waals surface area contributed by atoms with Gasteiger partial charge in [-0.1, -0.05) is 0 Å². The van der Waals surface area contributed by atoms with Gasteiger partial charge >= 0.3 is 5.97 Å². The third-order valence-electron chi connectivity index (χ3n) is 5.51. The minimum absolute atomic E-state index is 0.0362. The first-order chi connectivity index (χ1) is 15.8. The van der Waals surface area contributed by atoms with Gasteiger partial charge in [-0.3, -0.25) is 19.0 Å². The molecule has 3 heterocycles. The van der Waals surface area contributed by atoms with E-state index >= 15 is 0 Å². The maximum absolute atomic E-state index is 13.2. The summed E-state index contributed by atoms with van der Waals surface area (Å²) in [7, 11) is 1.51. The number of aromatic nitrogens is 2. The van der Waals surface area contributed by atoms with Crippen LogP contribution in [0, 0.1) is 0 Å². The molecule has 0 aliphatic heterocycles. The lowest BCUT2D eigenvalue weighted by molar-refractivity contribution is -0.116. The van der Waals surface area contributed by atoms with Gasteiger partial charge in [-0.2, -0.15) is 0 Å². The SMILES string of the molecule is COCCc1nc2scc(C(=O)O)c2c(=O)n1CC(=O)Nc1sc2c(c1C(N)=O)CCCC2. The lowest BCUT2D eigenvalue weighted by atomic mass is 9.95. The summed E-state index contributed by atoms with van der Waals surface area (Å²) in [6, 6.07) is 0. The van der Waals surface area contributed by atoms with Crippen LogP contribution in [0.3, 0.4) is 0 Å². The van der Waals surface area contributed by atoms with Crippen molar-refractivity contribution in [1.29, 1.82) is 0 Å². The normalized spacial score (nSPS) is 13.1. The number of thiophene rings is 2. The molecule has 0 aromatic carbocycles. The van der Waals surface area contributed by atoms with Crippen molar-refractivity contribution in [1.82, 2.24) is 9.55 Å². The number of carboxylic acids is 1. The van der Waals surface area contributed by atoms with Gasteiger partial charge < -0.3 is 20.9 Å². The Hall–Kier alpha value is -3.09. The van der Waals surface area contributed by atoms with E-state index in [1.54, 1.807) is 0 Å². The second-order valence-electron chi connectivity index (χ2n) is 7.62. The molecule has 0 spiro atoms. The molecule has 0 unspecified atom stereocenters. The Kier molecular flexibility index (Phi) is 6.58. The summed E-state index contributed by atoms with van der Waals surface area (Å²) in [4.78, 5) is 55.5. The third kappa shape index (κ3) is 4.41. The van der Waals surface area contributed by atoms with Crippen molar-refractivity contribution in [3.63, 3.8) is 0 Å². The summed E-state index contributed by atoms with van der Waals surface area (Å²) in [5.41, 5.74) is 6.05. The molecule has 0 saturated heterocycles. The average Bonchev–Trinajstić information content (AvgIpc) is 3.35. The fourth-order valence-corrected chi connectivity index (χ4v) is 6.23. The predicted octanol–water partition coefficient (Wildman–Crippen LogP) is 2.02. The van der Waals surface area contributed by atoms with E-state index in [-0.39, 0.29) is 24.0 Å². The Labute approximate surface area is 196 Å². The van der Waals surface area contributed by atoms with Crippen LogP contribution < -0.4 is 16.6 Å². The maximum atomic E-state index is 13.2. The fourth-order valence-electron chi connectivity index (χ4n) is 4.00. The quantitative estimate of drug-likeness (QED) is 0.436. The summed E-state index contributed by atoms with van der Waals surface area (Å²) in [6.07, 6.45) is 3.78. The van der Waals surface area contributed by atoms with Crippen molar-refractivity contribution < 1.29 is 24.2 Å². The number of ether oxygens (including phenoxy) is 1. The summed E-state index contributed by atoms with van der Waals surface area (Å²) >= 11 is 2.39. The number of carboxylic acid groups (broad SMARTS) is 1. The first-order valence-electron chi connectivity index (χ1n) is 10.3. The molecule has 0 atom stereocenters. The summed E-state index contributed by atoms with van der Waals surface area (Å²) in [6.45, 7) is -0.128. The zero-order chi connectivity index (χ0) is 23.7. The lowest BCUT2D eigenvalue weighted by Crippen LogP contribution is -2.32. The number of nitrogens with one attached hydrogen (secondary N) is 1. The molecule has 0 radical (unpaired) electrons. The van der Waals surface area contributed by atoms with Crippen molar-refractivity contribution in [3.05, 3.63) is 43.1 Å². The van der Waals surface area contributed by atoms with E-state index in [2.05, 4.69) is 10.3 Å². The van der Waals surface area contributed by atoms with Crippen LogP contribution in [0.25, 0.3) is 10.2 Å². The van der Waals surface area contributed by atoms with Crippen LogP contribution in [0.5, 0.6) is 0 Å². The first-order valence-corrected chi connectivity index (χ1v) is 12.0. The van der Waals surface area contributed by atoms with Crippen LogP contribution in [0.2, 0.25) is 0 Å². The standard InChI is InChI=1S/C21H22N4O6S2/c1-31-7-6-13-23-18-16(11(9-32-18)21(29)30)20(28)25(13)8-14(26)24-19-15(17(22)27)10-4-2-3-5-12(10)33-19/h9H,2-8H2,1H3,(H2,22,27)(H,24,26)(H,29,30). The smallest absolute Gasteiger partial charge is 0.337 e. The molecule has 4 N–H and O–H groups in total. The number of methoxy groups -OCH3 is 1. The monoisotopic (exact) mass is 490 g/mol. The number of rotatable bonds is 8. The second-order valence-corrected chi connectivity index (χ2v) is 9.59.